The molecule has 0 saturated carbocycles. The summed E-state index contributed by atoms with van der Waals surface area (Å²) >= 11 is 1.68. The molecule has 0 bridgehead atoms. The Bertz CT molecular complexity index is 1530. The fraction of sp³-hybridized carbons (Fsp3) is 0.432. The van der Waals surface area contributed by atoms with Gasteiger partial charge in [0.2, 0.25) is 0 Å². The van der Waals surface area contributed by atoms with Crippen LogP contribution in [0.2, 0.25) is 0 Å². The summed E-state index contributed by atoms with van der Waals surface area (Å²) in [6.07, 6.45) is 4.07. The van der Waals surface area contributed by atoms with Crippen LogP contribution in [-0.2, 0) is 30.3 Å². The predicted molar refractivity (Wildman–Crippen MR) is 172 cm³/mol. The molecule has 1 atom stereocenters. The molecule has 1 unspecified atom stereocenters. The summed E-state index contributed by atoms with van der Waals surface area (Å²) in [5.41, 5.74) is 8.38. The molecule has 2 aliphatic rings. The Labute approximate surface area is 255 Å². The Morgan fingerprint density at radius 1 is 0.976 bits per heavy atom. The number of hydrogen-bond donors (Lipinski definition) is 0. The van der Waals surface area contributed by atoms with Crippen molar-refractivity contribution < 1.29 is 9.21 Å². The van der Waals surface area contributed by atoms with Crippen molar-refractivity contribution in [1.29, 1.82) is 0 Å². The van der Waals surface area contributed by atoms with Gasteiger partial charge in [-0.1, -0.05) is 70.2 Å². The second-order valence-electron chi connectivity index (χ2n) is 13.8. The summed E-state index contributed by atoms with van der Waals surface area (Å²) in [6.45, 7) is 15.1. The van der Waals surface area contributed by atoms with Gasteiger partial charge in [-0.15, -0.1) is 0 Å². The number of carbonyl (C=O) groups excluding carboxylic acids is 1. The molecular weight excluding hydrogens is 536 g/mol. The van der Waals surface area contributed by atoms with Crippen molar-refractivity contribution in [2.45, 2.75) is 90.3 Å². The summed E-state index contributed by atoms with van der Waals surface area (Å²) in [5, 5.41) is 4.23. The number of benzene rings is 2. The van der Waals surface area contributed by atoms with Crippen molar-refractivity contribution in [1.82, 2.24) is 9.80 Å². The number of hydrogen-bond acceptors (Lipinski definition) is 4. The Balaban J connectivity index is 1.21. The second-order valence-corrected chi connectivity index (χ2v) is 14.5. The molecule has 0 radical (unpaired) electrons. The van der Waals surface area contributed by atoms with Crippen molar-refractivity contribution in [2.24, 2.45) is 0 Å². The van der Waals surface area contributed by atoms with Gasteiger partial charge in [-0.3, -0.25) is 9.69 Å². The van der Waals surface area contributed by atoms with Gasteiger partial charge in [0.15, 0.2) is 5.76 Å². The average Bonchev–Trinajstić information content (AvgIpc) is 3.74. The van der Waals surface area contributed by atoms with Gasteiger partial charge < -0.3 is 9.32 Å². The molecule has 2 aromatic heterocycles. The molecule has 4 nitrogen and oxygen atoms in total. The van der Waals surface area contributed by atoms with Gasteiger partial charge >= 0.3 is 0 Å². The summed E-state index contributed by atoms with van der Waals surface area (Å²) in [7, 11) is 0. The maximum absolute atomic E-state index is 14.0. The molecule has 1 fully saturated rings. The van der Waals surface area contributed by atoms with E-state index < -0.39 is 0 Å². The summed E-state index contributed by atoms with van der Waals surface area (Å²) in [6, 6.07) is 21.6. The fourth-order valence-corrected chi connectivity index (χ4v) is 7.53. The summed E-state index contributed by atoms with van der Waals surface area (Å²) < 4.78 is 6.32. The molecule has 3 heterocycles. The van der Waals surface area contributed by atoms with Gasteiger partial charge in [0.05, 0.1) is 0 Å². The molecule has 0 N–H and O–H groups in total. The molecule has 6 rings (SSSR count). The number of thiophene rings is 1. The lowest BCUT2D eigenvalue weighted by atomic mass is 9.62. The third-order valence-corrected chi connectivity index (χ3v) is 10.4. The first-order valence-electron chi connectivity index (χ1n) is 15.4. The number of aryl methyl sites for hydroxylation is 1. The second kappa shape index (κ2) is 11.5. The van der Waals surface area contributed by atoms with Crippen molar-refractivity contribution in [3.63, 3.8) is 0 Å². The van der Waals surface area contributed by atoms with Crippen LogP contribution in [0.25, 0.3) is 0 Å². The molecule has 5 heteroatoms. The molecule has 220 valence electrons. The molecule has 2 aromatic carbocycles. The van der Waals surface area contributed by atoms with E-state index in [0.29, 0.717) is 18.7 Å². The van der Waals surface area contributed by atoms with E-state index in [2.05, 4.69) is 98.8 Å². The zero-order valence-electron chi connectivity index (χ0n) is 25.8. The Hall–Kier alpha value is -3.15. The van der Waals surface area contributed by atoms with Gasteiger partial charge in [0.25, 0.3) is 5.91 Å². The highest BCUT2D eigenvalue weighted by atomic mass is 32.1. The van der Waals surface area contributed by atoms with Crippen molar-refractivity contribution in [2.75, 3.05) is 13.1 Å². The van der Waals surface area contributed by atoms with Gasteiger partial charge in [-0.05, 0) is 99.4 Å². The third-order valence-electron chi connectivity index (χ3n) is 9.68. The maximum Gasteiger partial charge on any atom is 0.290 e. The highest BCUT2D eigenvalue weighted by Gasteiger charge is 2.37. The van der Waals surface area contributed by atoms with E-state index in [-0.39, 0.29) is 22.8 Å². The zero-order chi connectivity index (χ0) is 29.5. The van der Waals surface area contributed by atoms with Crippen molar-refractivity contribution >= 4 is 17.2 Å². The first kappa shape index (κ1) is 28.9. The van der Waals surface area contributed by atoms with Crippen LogP contribution in [0.4, 0.5) is 0 Å². The van der Waals surface area contributed by atoms with Crippen molar-refractivity contribution in [3.05, 3.63) is 116 Å². The van der Waals surface area contributed by atoms with E-state index in [4.69, 9.17) is 4.42 Å². The van der Waals surface area contributed by atoms with Gasteiger partial charge in [0, 0.05) is 38.6 Å². The van der Waals surface area contributed by atoms with Crippen LogP contribution in [0.5, 0.6) is 0 Å². The lowest BCUT2D eigenvalue weighted by Gasteiger charge is -2.42. The van der Waals surface area contributed by atoms with Crippen LogP contribution in [0.3, 0.4) is 0 Å². The molecule has 1 amide bonds. The van der Waals surface area contributed by atoms with E-state index in [0.717, 1.165) is 31.8 Å². The molecule has 1 saturated heterocycles. The number of furan rings is 1. The Morgan fingerprint density at radius 2 is 1.71 bits per heavy atom. The summed E-state index contributed by atoms with van der Waals surface area (Å²) in [4.78, 5) is 18.5. The van der Waals surface area contributed by atoms with Gasteiger partial charge in [-0.25, -0.2) is 0 Å². The van der Waals surface area contributed by atoms with Crippen LogP contribution in [0.15, 0.2) is 75.8 Å². The highest BCUT2D eigenvalue weighted by Crippen LogP contribution is 2.46. The number of nitrogens with zero attached hydrogens (tertiary/aromatic N) is 2. The van der Waals surface area contributed by atoms with Crippen LogP contribution < -0.4 is 0 Å². The minimum absolute atomic E-state index is 0.0101. The van der Waals surface area contributed by atoms with Crippen LogP contribution in [-0.4, -0.2) is 34.8 Å². The molecular formula is C37H44N2O2S. The van der Waals surface area contributed by atoms with E-state index in [1.54, 1.807) is 11.3 Å². The van der Waals surface area contributed by atoms with E-state index >= 15 is 0 Å². The van der Waals surface area contributed by atoms with E-state index in [1.165, 1.54) is 46.2 Å². The largest absolute Gasteiger partial charge is 0.456 e. The smallest absolute Gasteiger partial charge is 0.290 e. The number of rotatable bonds is 8. The lowest BCUT2D eigenvalue weighted by molar-refractivity contribution is 0.0630. The third kappa shape index (κ3) is 6.00. The minimum atomic E-state index is -0.0101. The predicted octanol–water partition coefficient (Wildman–Crippen LogP) is 8.51. The first-order valence-corrected chi connectivity index (χ1v) is 16.3. The first-order chi connectivity index (χ1) is 20.1. The number of likely N-dealkylation sites (tertiary alicyclic amines) is 1. The quantitative estimate of drug-likeness (QED) is 0.210. The lowest BCUT2D eigenvalue weighted by Crippen LogP contribution is -2.41. The van der Waals surface area contributed by atoms with E-state index in [9.17, 15) is 4.79 Å². The zero-order valence-corrected chi connectivity index (χ0v) is 26.6. The van der Waals surface area contributed by atoms with Crippen molar-refractivity contribution in [3.8, 4) is 0 Å². The SMILES string of the molecule is Cc1cc2c(cc1Cc1ccc(C(=O)N(Cc3ccsc3)C3CCN(Cc4ccccc4)C3)o1)C(C)(C)CCC2(C)C. The fourth-order valence-electron chi connectivity index (χ4n) is 6.87. The standard InChI is InChI=1S/C37H44N2O2S/c1-26-19-32-33(37(4,5)16-15-36(32,2)3)21-29(26)20-31-11-12-34(41-31)35(40)39(23-28-14-18-42-25-28)30-13-17-38(24-30)22-27-9-7-6-8-10-27/h6-12,14,18-19,21,25,30H,13,15-17,20,22-24H2,1-5H3. The van der Waals surface area contributed by atoms with E-state index in [1.807, 2.05) is 17.0 Å². The number of amides is 1. The summed E-state index contributed by atoms with van der Waals surface area (Å²) in [5.74, 6) is 1.28. The van der Waals surface area contributed by atoms with Crippen LogP contribution in [0, 0.1) is 6.92 Å². The molecule has 0 spiro atoms. The minimum Gasteiger partial charge on any atom is -0.456 e. The monoisotopic (exact) mass is 580 g/mol. The average molecular weight is 581 g/mol. The topological polar surface area (TPSA) is 36.7 Å². The van der Waals surface area contributed by atoms with Gasteiger partial charge in [-0.2, -0.15) is 11.3 Å². The number of carbonyl (C=O) groups is 1. The molecule has 4 aromatic rings. The van der Waals surface area contributed by atoms with Crippen LogP contribution >= 0.6 is 11.3 Å². The molecule has 42 heavy (non-hydrogen) atoms. The normalized spacial score (nSPS) is 19.5. The molecule has 1 aliphatic carbocycles. The van der Waals surface area contributed by atoms with Gasteiger partial charge in [0.1, 0.15) is 5.76 Å². The van der Waals surface area contributed by atoms with Crippen LogP contribution in [0.1, 0.15) is 96.7 Å². The maximum atomic E-state index is 14.0. The highest BCUT2D eigenvalue weighted by molar-refractivity contribution is 7.07. The number of fused-ring (bicyclic) bond motifs is 1. The molecule has 1 aliphatic heterocycles. The Kier molecular flexibility index (Phi) is 7.93. The Morgan fingerprint density at radius 3 is 2.43 bits per heavy atom.